The molecule has 0 aromatic rings. The zero-order valence-electron chi connectivity index (χ0n) is 3.10. The van der Waals surface area contributed by atoms with Crippen molar-refractivity contribution in [1.82, 2.24) is 0 Å². The first-order chi connectivity index (χ1) is 0. The van der Waals surface area contributed by atoms with E-state index in [9.17, 15) is 0 Å². The monoisotopic (exact) mass is 409 g/mol. The van der Waals surface area contributed by atoms with E-state index < -0.39 is 0 Å². The van der Waals surface area contributed by atoms with Crippen LogP contribution >= 0.6 is 0 Å². The molecular formula is CdGaGeO2Sn. The molecule has 0 rings (SSSR count). The summed E-state index contributed by atoms with van der Waals surface area (Å²) in [6, 6.07) is 0. The fraction of sp³-hybridized carbons (Fsp3) is 0. The number of hydrogen-bond donors (Lipinski definition) is 0. The van der Waals surface area contributed by atoms with E-state index in [0.717, 1.165) is 0 Å². The van der Waals surface area contributed by atoms with Crippen LogP contribution in [0.2, 0.25) is 0 Å². The molecule has 0 amide bonds. The molecular weight excluding hydrogens is 405 g/mol. The van der Waals surface area contributed by atoms with Crippen molar-refractivity contribution in [2.75, 3.05) is 0 Å². The first-order valence-corrected chi connectivity index (χ1v) is 0. The minimum absolute atomic E-state index is 0. The second kappa shape index (κ2) is 45.7. The zero-order chi connectivity index (χ0) is 0. The molecule has 0 heterocycles. The molecule has 0 aliphatic carbocycles. The largest absolute Gasteiger partial charge is 4.00 e. The molecule has 0 bridgehead atoms. The fourth-order valence-electron chi connectivity index (χ4n) is 0. The van der Waals surface area contributed by atoms with Crippen LogP contribution in [0.1, 0.15) is 0 Å². The van der Waals surface area contributed by atoms with Crippen molar-refractivity contribution < 1.29 is 38.3 Å². The van der Waals surface area contributed by atoms with Gasteiger partial charge in [0, 0.05) is 64.7 Å². The van der Waals surface area contributed by atoms with E-state index in [2.05, 4.69) is 0 Å². The van der Waals surface area contributed by atoms with E-state index in [4.69, 9.17) is 0 Å². The third-order valence-corrected chi connectivity index (χ3v) is 0. The number of rotatable bonds is 0. The molecule has 7 radical (unpaired) electrons. The van der Waals surface area contributed by atoms with Crippen molar-refractivity contribution in [2.24, 2.45) is 0 Å². The molecule has 0 saturated heterocycles. The van der Waals surface area contributed by atoms with Crippen molar-refractivity contribution in [1.29, 1.82) is 0 Å². The van der Waals surface area contributed by atoms with Crippen LogP contribution in [-0.4, -0.2) is 61.3 Å². The third-order valence-electron chi connectivity index (χ3n) is 0. The summed E-state index contributed by atoms with van der Waals surface area (Å²) in [4.78, 5) is 0. The first kappa shape index (κ1) is 67.8. The molecule has 0 spiro atoms. The standard InChI is InChI=1S/Cd.Ga.Ge.2O.Sn/q;;;2*-2;+4. The Bertz CT molecular complexity index is 13.5. The first-order valence-electron chi connectivity index (χ1n) is 0. The van der Waals surface area contributed by atoms with Gasteiger partial charge in [0.05, 0.1) is 0 Å². The minimum atomic E-state index is 0. The Hall–Kier alpha value is 2.82. The molecule has 0 aliphatic heterocycles. The average molecular weight is 405 g/mol. The van der Waals surface area contributed by atoms with Gasteiger partial charge in [-0.3, -0.25) is 0 Å². The molecule has 6 heavy (non-hydrogen) atoms. The van der Waals surface area contributed by atoms with Crippen molar-refractivity contribution in [3.63, 3.8) is 0 Å². The van der Waals surface area contributed by atoms with Crippen LogP contribution in [-0.2, 0) is 38.3 Å². The molecule has 0 unspecified atom stereocenters. The molecule has 25 valence electrons. The van der Waals surface area contributed by atoms with Gasteiger partial charge in [0.2, 0.25) is 0 Å². The molecule has 0 fully saturated rings. The van der Waals surface area contributed by atoms with Crippen LogP contribution in [0.4, 0.5) is 0 Å². The Kier molecular flexibility index (Phi) is 517. The summed E-state index contributed by atoms with van der Waals surface area (Å²) < 4.78 is 0. The molecule has 0 saturated carbocycles. The second-order valence-corrected chi connectivity index (χ2v) is 0. The summed E-state index contributed by atoms with van der Waals surface area (Å²) >= 11 is 0. The van der Waals surface area contributed by atoms with E-state index in [-0.39, 0.29) is 99.5 Å². The van der Waals surface area contributed by atoms with Crippen molar-refractivity contribution >= 4 is 61.3 Å². The Morgan fingerprint density at radius 1 is 0.833 bits per heavy atom. The predicted octanol–water partition coefficient (Wildman–Crippen LogP) is -1.38. The third kappa shape index (κ3) is 29.0. The number of hydrogen-bond acceptors (Lipinski definition) is 0. The predicted molar refractivity (Wildman–Crippen MR) is 18.6 cm³/mol. The second-order valence-electron chi connectivity index (χ2n) is 0. The Labute approximate surface area is 98.0 Å². The molecule has 0 aromatic carbocycles. The van der Waals surface area contributed by atoms with Crippen LogP contribution < -0.4 is 0 Å². The molecule has 0 atom stereocenters. The van der Waals surface area contributed by atoms with Gasteiger partial charge in [0.15, 0.2) is 0 Å². The van der Waals surface area contributed by atoms with Crippen LogP contribution in [0.15, 0.2) is 0 Å². The molecule has 2 nitrogen and oxygen atoms in total. The zero-order valence-corrected chi connectivity index (χ0v) is 14.5. The molecule has 0 aromatic heterocycles. The summed E-state index contributed by atoms with van der Waals surface area (Å²) in [6.07, 6.45) is 0. The van der Waals surface area contributed by atoms with E-state index >= 15 is 0 Å². The van der Waals surface area contributed by atoms with Gasteiger partial charge in [0.25, 0.3) is 0 Å². The molecule has 0 aliphatic rings. The topological polar surface area (TPSA) is 57.0 Å². The summed E-state index contributed by atoms with van der Waals surface area (Å²) in [5, 5.41) is 0. The minimum Gasteiger partial charge on any atom is -2.00 e. The summed E-state index contributed by atoms with van der Waals surface area (Å²) in [6.45, 7) is 0. The van der Waals surface area contributed by atoms with Gasteiger partial charge in [0.1, 0.15) is 0 Å². The van der Waals surface area contributed by atoms with Crippen molar-refractivity contribution in [3.05, 3.63) is 0 Å². The SMILES string of the molecule is [Cd].[Ga].[Ge].[O-2].[O-2].[Sn+4]. The molecule has 6 heteroatoms. The Morgan fingerprint density at radius 2 is 0.833 bits per heavy atom. The Morgan fingerprint density at radius 3 is 0.833 bits per heavy atom. The maximum absolute atomic E-state index is 0. The van der Waals surface area contributed by atoms with E-state index in [1.54, 1.807) is 0 Å². The maximum atomic E-state index is 0. The van der Waals surface area contributed by atoms with Crippen LogP contribution in [0.25, 0.3) is 0 Å². The van der Waals surface area contributed by atoms with E-state index in [1.165, 1.54) is 0 Å². The summed E-state index contributed by atoms with van der Waals surface area (Å²) in [7, 11) is 0. The average Bonchev–Trinajstić information content (AvgIpc) is 0. The Balaban J connectivity index is 0. The quantitative estimate of drug-likeness (QED) is 0.446. The maximum Gasteiger partial charge on any atom is 4.00 e. The van der Waals surface area contributed by atoms with Gasteiger partial charge in [-0.25, -0.2) is 0 Å². The normalized spacial score (nSPS) is 0. The van der Waals surface area contributed by atoms with Gasteiger partial charge >= 0.3 is 23.9 Å². The van der Waals surface area contributed by atoms with Gasteiger partial charge in [-0.15, -0.1) is 0 Å². The molecule has 0 N–H and O–H groups in total. The van der Waals surface area contributed by atoms with Gasteiger partial charge in [-0.2, -0.15) is 0 Å². The van der Waals surface area contributed by atoms with E-state index in [0.29, 0.717) is 0 Å². The van der Waals surface area contributed by atoms with Crippen LogP contribution in [0.5, 0.6) is 0 Å². The van der Waals surface area contributed by atoms with E-state index in [1.807, 2.05) is 0 Å². The smallest absolute Gasteiger partial charge is 2.00 e. The summed E-state index contributed by atoms with van der Waals surface area (Å²) in [5.41, 5.74) is 0. The van der Waals surface area contributed by atoms with Gasteiger partial charge in [-0.05, 0) is 0 Å². The summed E-state index contributed by atoms with van der Waals surface area (Å²) in [5.74, 6) is 0. The van der Waals surface area contributed by atoms with Crippen molar-refractivity contribution in [3.8, 4) is 0 Å². The van der Waals surface area contributed by atoms with Crippen molar-refractivity contribution in [2.45, 2.75) is 0 Å². The van der Waals surface area contributed by atoms with Gasteiger partial charge < -0.3 is 11.0 Å². The fourth-order valence-corrected chi connectivity index (χ4v) is 0. The van der Waals surface area contributed by atoms with Gasteiger partial charge in [-0.1, -0.05) is 0 Å². The van der Waals surface area contributed by atoms with Crippen LogP contribution in [0, 0.1) is 0 Å². The van der Waals surface area contributed by atoms with Crippen LogP contribution in [0.3, 0.4) is 0 Å².